The fourth-order valence-corrected chi connectivity index (χ4v) is 4.04. The zero-order valence-electron chi connectivity index (χ0n) is 18.2. The highest BCUT2D eigenvalue weighted by Crippen LogP contribution is 2.35. The Balaban J connectivity index is 1.50. The SMILES string of the molecule is COc1cc2c(Sc3cccc(NC(=O)Nc4cc(C(C)C)on4)c3)ncnc2cc1C. The monoisotopic (exact) mass is 449 g/mol. The molecule has 0 aliphatic heterocycles. The maximum absolute atomic E-state index is 12.4. The van der Waals surface area contributed by atoms with Crippen LogP contribution in [0.25, 0.3) is 10.9 Å². The number of amides is 2. The molecule has 4 rings (SSSR count). The molecule has 9 heteroatoms. The van der Waals surface area contributed by atoms with E-state index in [-0.39, 0.29) is 5.92 Å². The number of hydrogen-bond acceptors (Lipinski definition) is 7. The first-order valence-electron chi connectivity index (χ1n) is 10.0. The van der Waals surface area contributed by atoms with Crippen molar-refractivity contribution in [3.8, 4) is 5.75 Å². The summed E-state index contributed by atoms with van der Waals surface area (Å²) >= 11 is 1.49. The van der Waals surface area contributed by atoms with Gasteiger partial charge in [-0.15, -0.1) is 0 Å². The van der Waals surface area contributed by atoms with E-state index in [1.807, 2.05) is 57.2 Å². The van der Waals surface area contributed by atoms with Crippen LogP contribution in [0.2, 0.25) is 0 Å². The van der Waals surface area contributed by atoms with Crippen molar-refractivity contribution in [3.63, 3.8) is 0 Å². The molecule has 0 aliphatic rings. The van der Waals surface area contributed by atoms with Gasteiger partial charge in [-0.05, 0) is 42.8 Å². The van der Waals surface area contributed by atoms with Crippen LogP contribution in [0.1, 0.15) is 31.1 Å². The van der Waals surface area contributed by atoms with Crippen molar-refractivity contribution in [3.05, 3.63) is 60.1 Å². The number of methoxy groups -OCH3 is 1. The summed E-state index contributed by atoms with van der Waals surface area (Å²) in [4.78, 5) is 22.1. The molecule has 2 amide bonds. The molecule has 2 heterocycles. The van der Waals surface area contributed by atoms with Crippen LogP contribution in [-0.2, 0) is 0 Å². The van der Waals surface area contributed by atoms with E-state index >= 15 is 0 Å². The van der Waals surface area contributed by atoms with Crippen LogP contribution >= 0.6 is 11.8 Å². The number of aromatic nitrogens is 3. The minimum atomic E-state index is -0.400. The molecule has 0 saturated heterocycles. The van der Waals surface area contributed by atoms with Gasteiger partial charge in [0.2, 0.25) is 0 Å². The van der Waals surface area contributed by atoms with Crippen molar-refractivity contribution in [1.82, 2.24) is 15.1 Å². The average molecular weight is 450 g/mol. The number of carbonyl (C=O) groups is 1. The topological polar surface area (TPSA) is 102 Å². The Kier molecular flexibility index (Phi) is 6.27. The number of carbonyl (C=O) groups excluding carboxylic acids is 1. The van der Waals surface area contributed by atoms with E-state index in [2.05, 4.69) is 25.8 Å². The molecular weight excluding hydrogens is 426 g/mol. The number of rotatable bonds is 6. The number of ether oxygens (including phenoxy) is 1. The molecule has 0 radical (unpaired) electrons. The van der Waals surface area contributed by atoms with Crippen molar-refractivity contribution in [2.45, 2.75) is 36.6 Å². The maximum atomic E-state index is 12.4. The molecule has 164 valence electrons. The summed E-state index contributed by atoms with van der Waals surface area (Å²) in [5.41, 5.74) is 2.51. The van der Waals surface area contributed by atoms with Gasteiger partial charge in [-0.1, -0.05) is 36.8 Å². The smallest absolute Gasteiger partial charge is 0.324 e. The van der Waals surface area contributed by atoms with E-state index in [0.717, 1.165) is 32.1 Å². The van der Waals surface area contributed by atoms with E-state index in [1.54, 1.807) is 19.5 Å². The van der Waals surface area contributed by atoms with Gasteiger partial charge in [0.05, 0.1) is 12.6 Å². The van der Waals surface area contributed by atoms with Gasteiger partial charge in [0.1, 0.15) is 22.9 Å². The molecule has 0 unspecified atom stereocenters. The Bertz CT molecular complexity index is 1270. The number of aryl methyl sites for hydroxylation is 1. The molecular formula is C23H23N5O3S. The molecule has 0 bridgehead atoms. The van der Waals surface area contributed by atoms with Gasteiger partial charge in [-0.2, -0.15) is 0 Å². The lowest BCUT2D eigenvalue weighted by Gasteiger charge is -2.10. The molecule has 2 N–H and O–H groups in total. The third kappa shape index (κ3) is 4.83. The van der Waals surface area contributed by atoms with Crippen LogP contribution in [0.4, 0.5) is 16.3 Å². The highest BCUT2D eigenvalue weighted by Gasteiger charge is 2.12. The second kappa shape index (κ2) is 9.27. The number of fused-ring (bicyclic) bond motifs is 1. The first kappa shape index (κ1) is 21.6. The molecule has 32 heavy (non-hydrogen) atoms. The van der Waals surface area contributed by atoms with Gasteiger partial charge in [-0.3, -0.25) is 5.32 Å². The largest absolute Gasteiger partial charge is 0.496 e. The van der Waals surface area contributed by atoms with Crippen LogP contribution in [0, 0.1) is 6.92 Å². The lowest BCUT2D eigenvalue weighted by atomic mass is 10.1. The van der Waals surface area contributed by atoms with Crippen LogP contribution in [0.5, 0.6) is 5.75 Å². The van der Waals surface area contributed by atoms with E-state index < -0.39 is 6.03 Å². The molecule has 4 aromatic rings. The zero-order valence-corrected chi connectivity index (χ0v) is 19.0. The number of hydrogen-bond donors (Lipinski definition) is 2. The summed E-state index contributed by atoms with van der Waals surface area (Å²) in [7, 11) is 1.65. The molecule has 2 aromatic heterocycles. The molecule has 0 atom stereocenters. The number of benzene rings is 2. The van der Waals surface area contributed by atoms with Gasteiger partial charge in [0.15, 0.2) is 5.82 Å². The van der Waals surface area contributed by atoms with E-state index in [4.69, 9.17) is 9.26 Å². The number of nitrogens with one attached hydrogen (secondary N) is 2. The summed E-state index contributed by atoms with van der Waals surface area (Å²) in [6.45, 7) is 5.97. The predicted molar refractivity (Wildman–Crippen MR) is 125 cm³/mol. The molecule has 8 nitrogen and oxygen atoms in total. The summed E-state index contributed by atoms with van der Waals surface area (Å²) in [5, 5.41) is 11.1. The minimum Gasteiger partial charge on any atom is -0.496 e. The average Bonchev–Trinajstić information content (AvgIpc) is 3.22. The van der Waals surface area contributed by atoms with Gasteiger partial charge < -0.3 is 14.6 Å². The number of nitrogens with zero attached hydrogens (tertiary/aromatic N) is 3. The van der Waals surface area contributed by atoms with Gasteiger partial charge in [0.25, 0.3) is 0 Å². The van der Waals surface area contributed by atoms with Gasteiger partial charge in [-0.25, -0.2) is 14.8 Å². The highest BCUT2D eigenvalue weighted by molar-refractivity contribution is 7.99. The van der Waals surface area contributed by atoms with Crippen LogP contribution < -0.4 is 15.4 Å². The highest BCUT2D eigenvalue weighted by atomic mass is 32.2. The molecule has 2 aromatic carbocycles. The number of anilines is 2. The van der Waals surface area contributed by atoms with Crippen molar-refractivity contribution in [2.24, 2.45) is 0 Å². The van der Waals surface area contributed by atoms with Crippen molar-refractivity contribution in [2.75, 3.05) is 17.7 Å². The number of urea groups is 1. The second-order valence-electron chi connectivity index (χ2n) is 7.50. The predicted octanol–water partition coefficient (Wildman–Crippen LogP) is 5.85. The summed E-state index contributed by atoms with van der Waals surface area (Å²) < 4.78 is 10.7. The second-order valence-corrected chi connectivity index (χ2v) is 8.56. The zero-order chi connectivity index (χ0) is 22.7. The lowest BCUT2D eigenvalue weighted by Crippen LogP contribution is -2.19. The minimum absolute atomic E-state index is 0.191. The van der Waals surface area contributed by atoms with Crippen molar-refractivity contribution < 1.29 is 14.1 Å². The lowest BCUT2D eigenvalue weighted by molar-refractivity contribution is 0.262. The Hall–Kier alpha value is -3.59. The third-order valence-electron chi connectivity index (χ3n) is 4.76. The van der Waals surface area contributed by atoms with Crippen LogP contribution in [-0.4, -0.2) is 28.3 Å². The van der Waals surface area contributed by atoms with E-state index in [1.165, 1.54) is 11.8 Å². The Morgan fingerprint density at radius 3 is 2.72 bits per heavy atom. The summed E-state index contributed by atoms with van der Waals surface area (Å²) in [5.74, 6) is 2.06. The fourth-order valence-electron chi connectivity index (χ4n) is 3.11. The molecule has 0 saturated carbocycles. The van der Waals surface area contributed by atoms with Crippen molar-refractivity contribution in [1.29, 1.82) is 0 Å². The first-order chi connectivity index (χ1) is 15.4. The molecule has 0 spiro atoms. The first-order valence-corrected chi connectivity index (χ1v) is 10.9. The molecule has 0 fully saturated rings. The Morgan fingerprint density at radius 1 is 1.12 bits per heavy atom. The Labute approximate surface area is 189 Å². The maximum Gasteiger partial charge on any atom is 0.324 e. The standard InChI is InChI=1S/C23H23N5O3S/c1-13(2)19-11-21(28-31-19)27-23(29)26-15-6-5-7-16(9-15)32-22-17-10-20(30-4)14(3)8-18(17)24-12-25-22/h5-13H,1-4H3,(H2,26,27,28,29). The quantitative estimate of drug-likeness (QED) is 0.356. The summed E-state index contributed by atoms with van der Waals surface area (Å²) in [6.07, 6.45) is 1.55. The molecule has 0 aliphatic carbocycles. The third-order valence-corrected chi connectivity index (χ3v) is 5.77. The van der Waals surface area contributed by atoms with Crippen molar-refractivity contribution >= 4 is 40.2 Å². The van der Waals surface area contributed by atoms with Gasteiger partial charge >= 0.3 is 6.03 Å². The van der Waals surface area contributed by atoms with E-state index in [0.29, 0.717) is 17.3 Å². The normalized spacial score (nSPS) is 11.0. The van der Waals surface area contributed by atoms with Gasteiger partial charge in [0, 0.05) is 28.0 Å². The Morgan fingerprint density at radius 2 is 1.97 bits per heavy atom. The summed E-state index contributed by atoms with van der Waals surface area (Å²) in [6, 6.07) is 12.8. The van der Waals surface area contributed by atoms with E-state index in [9.17, 15) is 4.79 Å². The van der Waals surface area contributed by atoms with Crippen LogP contribution in [0.3, 0.4) is 0 Å². The van der Waals surface area contributed by atoms with Crippen LogP contribution in [0.15, 0.2) is 63.2 Å². The fraction of sp³-hybridized carbons (Fsp3) is 0.217.